The number of ether oxygens (including phenoxy) is 1. The van der Waals surface area contributed by atoms with Crippen molar-refractivity contribution in [3.8, 4) is 0 Å². The topological polar surface area (TPSA) is 75.6 Å². The molecule has 0 N–H and O–H groups in total. The zero-order chi connectivity index (χ0) is 23.3. The van der Waals surface area contributed by atoms with Crippen molar-refractivity contribution >= 4 is 11.8 Å². The number of hydrogen-bond donors (Lipinski definition) is 0. The van der Waals surface area contributed by atoms with E-state index >= 15 is 0 Å². The maximum atomic E-state index is 13.7. The maximum Gasteiger partial charge on any atom is 0.281 e. The zero-order valence-electron chi connectivity index (χ0n) is 17.4. The van der Waals surface area contributed by atoms with E-state index in [2.05, 4.69) is 9.97 Å². The molecule has 1 spiro atoms. The van der Waals surface area contributed by atoms with Gasteiger partial charge >= 0.3 is 0 Å². The van der Waals surface area contributed by atoms with Crippen LogP contribution >= 0.6 is 0 Å². The highest BCUT2D eigenvalue weighted by molar-refractivity contribution is 5.93. The van der Waals surface area contributed by atoms with Gasteiger partial charge in [0.25, 0.3) is 18.2 Å². The van der Waals surface area contributed by atoms with E-state index in [4.69, 9.17) is 4.74 Å². The van der Waals surface area contributed by atoms with E-state index in [9.17, 15) is 27.2 Å². The summed E-state index contributed by atoms with van der Waals surface area (Å²) in [6, 6.07) is 2.78. The fraction of sp³-hybridized carbons (Fsp3) is 0.455. The Morgan fingerprint density at radius 2 is 1.76 bits per heavy atom. The SMILES string of the molecule is O=C(c1cnc(C(F)F)cn1)N1CCC2(CC1)O[C@@H]1CC[C@@H](c3cc(F)cc(F)c3)N1C2=O. The van der Waals surface area contributed by atoms with Gasteiger partial charge in [-0.1, -0.05) is 0 Å². The number of fused-ring (bicyclic) bond motifs is 1. The van der Waals surface area contributed by atoms with Gasteiger partial charge in [-0.2, -0.15) is 0 Å². The van der Waals surface area contributed by atoms with Crippen molar-refractivity contribution < 1.29 is 31.9 Å². The molecule has 3 aliphatic heterocycles. The second-order valence-corrected chi connectivity index (χ2v) is 8.49. The van der Waals surface area contributed by atoms with Crippen molar-refractivity contribution in [1.82, 2.24) is 19.8 Å². The van der Waals surface area contributed by atoms with Crippen LogP contribution in [0, 0.1) is 11.6 Å². The van der Waals surface area contributed by atoms with Gasteiger partial charge in [-0.05, 0) is 30.5 Å². The first-order chi connectivity index (χ1) is 15.8. The molecule has 0 aliphatic carbocycles. The van der Waals surface area contributed by atoms with Crippen LogP contribution < -0.4 is 0 Å². The molecule has 5 rings (SSSR count). The number of nitrogens with zero attached hydrogens (tertiary/aromatic N) is 4. The van der Waals surface area contributed by atoms with Crippen molar-refractivity contribution in [1.29, 1.82) is 0 Å². The van der Waals surface area contributed by atoms with Gasteiger partial charge in [-0.25, -0.2) is 22.5 Å². The van der Waals surface area contributed by atoms with Gasteiger partial charge in [0.05, 0.1) is 18.4 Å². The summed E-state index contributed by atoms with van der Waals surface area (Å²) in [7, 11) is 0. The lowest BCUT2D eigenvalue weighted by molar-refractivity contribution is -0.142. The highest BCUT2D eigenvalue weighted by Gasteiger charge is 2.58. The maximum absolute atomic E-state index is 13.7. The monoisotopic (exact) mass is 464 g/mol. The Bertz CT molecular complexity index is 1070. The second-order valence-electron chi connectivity index (χ2n) is 8.49. The minimum Gasteiger partial charge on any atom is -0.342 e. The molecular formula is C22H20F4N4O3. The van der Waals surface area contributed by atoms with Crippen LogP contribution in [0.1, 0.15) is 59.9 Å². The number of benzene rings is 1. The Morgan fingerprint density at radius 3 is 2.36 bits per heavy atom. The molecule has 1 aromatic heterocycles. The number of alkyl halides is 2. The predicted octanol–water partition coefficient (Wildman–Crippen LogP) is 3.39. The summed E-state index contributed by atoms with van der Waals surface area (Å²) in [5.41, 5.74) is -1.27. The minimum absolute atomic E-state index is 0.0529. The summed E-state index contributed by atoms with van der Waals surface area (Å²) < 4.78 is 58.9. The number of likely N-dealkylation sites (tertiary alicyclic amines) is 1. The first-order valence-electron chi connectivity index (χ1n) is 10.6. The Kier molecular flexibility index (Phi) is 5.31. The Labute approximate surface area is 186 Å². The van der Waals surface area contributed by atoms with Crippen LogP contribution in [-0.4, -0.2) is 56.5 Å². The second kappa shape index (κ2) is 8.05. The molecule has 3 saturated heterocycles. The molecule has 3 fully saturated rings. The normalized spacial score (nSPS) is 24.1. The van der Waals surface area contributed by atoms with E-state index in [-0.39, 0.29) is 37.5 Å². The zero-order valence-corrected chi connectivity index (χ0v) is 17.4. The lowest BCUT2D eigenvalue weighted by Gasteiger charge is -2.37. The summed E-state index contributed by atoms with van der Waals surface area (Å²) in [4.78, 5) is 36.5. The van der Waals surface area contributed by atoms with Crippen molar-refractivity contribution in [2.75, 3.05) is 13.1 Å². The lowest BCUT2D eigenvalue weighted by Crippen LogP contribution is -2.51. The van der Waals surface area contributed by atoms with E-state index in [1.807, 2.05) is 0 Å². The number of carbonyl (C=O) groups is 2. The van der Waals surface area contributed by atoms with Gasteiger partial charge in [0.2, 0.25) is 0 Å². The molecule has 4 heterocycles. The number of amides is 2. The van der Waals surface area contributed by atoms with E-state index in [0.29, 0.717) is 18.4 Å². The van der Waals surface area contributed by atoms with Crippen molar-refractivity contribution in [3.05, 3.63) is 59.2 Å². The smallest absolute Gasteiger partial charge is 0.281 e. The molecule has 174 valence electrons. The number of halogens is 4. The molecule has 0 unspecified atom stereocenters. The molecule has 2 atom stereocenters. The molecule has 11 heteroatoms. The lowest BCUT2D eigenvalue weighted by atomic mass is 9.89. The summed E-state index contributed by atoms with van der Waals surface area (Å²) in [6.07, 6.45) is 0.210. The van der Waals surface area contributed by atoms with Gasteiger partial charge < -0.3 is 14.5 Å². The number of carbonyl (C=O) groups excluding carboxylic acids is 2. The third-order valence-electron chi connectivity index (χ3n) is 6.56. The van der Waals surface area contributed by atoms with E-state index in [1.165, 1.54) is 17.0 Å². The van der Waals surface area contributed by atoms with Crippen LogP contribution in [0.2, 0.25) is 0 Å². The van der Waals surface area contributed by atoms with Gasteiger partial charge in [0.15, 0.2) is 5.60 Å². The third-order valence-corrected chi connectivity index (χ3v) is 6.56. The Balaban J connectivity index is 1.28. The quantitative estimate of drug-likeness (QED) is 0.651. The number of hydrogen-bond acceptors (Lipinski definition) is 5. The number of aromatic nitrogens is 2. The molecule has 7 nitrogen and oxygen atoms in total. The van der Waals surface area contributed by atoms with Crippen LogP contribution in [0.5, 0.6) is 0 Å². The minimum atomic E-state index is -2.77. The summed E-state index contributed by atoms with van der Waals surface area (Å²) in [5.74, 6) is -2.11. The molecule has 0 bridgehead atoms. The molecule has 2 aromatic rings. The molecule has 1 aromatic carbocycles. The molecule has 33 heavy (non-hydrogen) atoms. The number of rotatable bonds is 3. The van der Waals surface area contributed by atoms with Crippen LogP contribution in [0.4, 0.5) is 17.6 Å². The van der Waals surface area contributed by atoms with Gasteiger partial charge in [0, 0.05) is 32.0 Å². The van der Waals surface area contributed by atoms with Crippen LogP contribution in [0.15, 0.2) is 30.6 Å². The van der Waals surface area contributed by atoms with Gasteiger partial charge in [-0.15, -0.1) is 0 Å². The highest BCUT2D eigenvalue weighted by atomic mass is 19.3. The first-order valence-corrected chi connectivity index (χ1v) is 10.6. The van der Waals surface area contributed by atoms with Crippen molar-refractivity contribution in [2.24, 2.45) is 0 Å². The molecule has 2 amide bonds. The Morgan fingerprint density at radius 1 is 1.06 bits per heavy atom. The van der Waals surface area contributed by atoms with Crippen molar-refractivity contribution in [3.63, 3.8) is 0 Å². The summed E-state index contributed by atoms with van der Waals surface area (Å²) >= 11 is 0. The van der Waals surface area contributed by atoms with Crippen molar-refractivity contribution in [2.45, 2.75) is 50.0 Å². The predicted molar refractivity (Wildman–Crippen MR) is 105 cm³/mol. The fourth-order valence-corrected chi connectivity index (χ4v) is 4.93. The molecule has 0 saturated carbocycles. The molecule has 0 radical (unpaired) electrons. The fourth-order valence-electron chi connectivity index (χ4n) is 4.93. The first kappa shape index (κ1) is 21.7. The Hall–Kier alpha value is -3.08. The molecule has 3 aliphatic rings. The number of piperidine rings is 1. The van der Waals surface area contributed by atoms with Crippen LogP contribution in [-0.2, 0) is 9.53 Å². The highest BCUT2D eigenvalue weighted by Crippen LogP contribution is 2.47. The third kappa shape index (κ3) is 3.73. The average Bonchev–Trinajstić information content (AvgIpc) is 3.31. The van der Waals surface area contributed by atoms with Crippen LogP contribution in [0.3, 0.4) is 0 Å². The van der Waals surface area contributed by atoms with Crippen LogP contribution in [0.25, 0.3) is 0 Å². The van der Waals surface area contributed by atoms with Gasteiger partial charge in [-0.3, -0.25) is 14.6 Å². The van der Waals surface area contributed by atoms with E-state index < -0.39 is 47.5 Å². The van der Waals surface area contributed by atoms with Gasteiger partial charge in [0.1, 0.15) is 29.3 Å². The summed E-state index contributed by atoms with van der Waals surface area (Å²) in [5, 5.41) is 0. The molecular weight excluding hydrogens is 444 g/mol. The van der Waals surface area contributed by atoms with E-state index in [1.54, 1.807) is 4.90 Å². The largest absolute Gasteiger partial charge is 0.342 e. The van der Waals surface area contributed by atoms with E-state index in [0.717, 1.165) is 18.5 Å². The standard InChI is InChI=1S/C22H20F4N4O3/c23-13-7-12(8-14(24)9-13)17-1-2-18-30(17)21(32)22(33-18)3-5-29(6-4-22)20(31)16-11-27-15(10-28-16)19(25)26/h7-11,17-19H,1-6H2/t17-,18+/m0/s1. The summed E-state index contributed by atoms with van der Waals surface area (Å²) in [6.45, 7) is 0.422. The average molecular weight is 464 g/mol.